The molecule has 0 saturated heterocycles. The molecule has 218 valence electrons. The van der Waals surface area contributed by atoms with Crippen molar-refractivity contribution in [2.75, 3.05) is 5.32 Å². The van der Waals surface area contributed by atoms with Crippen molar-refractivity contribution in [3.05, 3.63) is 88.5 Å². The Morgan fingerprint density at radius 2 is 1.86 bits per heavy atom. The molecule has 1 aromatic carbocycles. The lowest BCUT2D eigenvalue weighted by atomic mass is 10.2. The van der Waals surface area contributed by atoms with E-state index in [4.69, 9.17) is 11.6 Å². The number of nitrogens with one attached hydrogen (secondary N) is 1. The maximum atomic E-state index is 13.1. The topological polar surface area (TPSA) is 151 Å². The summed E-state index contributed by atoms with van der Waals surface area (Å²) in [5, 5.41) is 21.3. The van der Waals surface area contributed by atoms with E-state index in [1.165, 1.54) is 41.5 Å². The summed E-state index contributed by atoms with van der Waals surface area (Å²) in [7, 11) is 0. The molecule has 13 nitrogen and oxygen atoms in total. The van der Waals surface area contributed by atoms with E-state index in [-0.39, 0.29) is 36.5 Å². The van der Waals surface area contributed by atoms with Gasteiger partial charge in [0.2, 0.25) is 5.91 Å². The van der Waals surface area contributed by atoms with E-state index in [0.717, 1.165) is 9.25 Å². The summed E-state index contributed by atoms with van der Waals surface area (Å²) in [5.74, 6) is 0.492. The first-order valence-corrected chi connectivity index (χ1v) is 12.7. The molecular formula is C25H22ClF3N10O3. The Bertz CT molecular complexity index is 1780. The number of hydrogen-bond acceptors (Lipinski definition) is 8. The number of rotatable bonds is 9. The zero-order valence-electron chi connectivity index (χ0n) is 21.8. The number of pyridine rings is 1. The zero-order valence-corrected chi connectivity index (χ0v) is 22.5. The van der Waals surface area contributed by atoms with E-state index < -0.39 is 24.5 Å². The van der Waals surface area contributed by atoms with Crippen molar-refractivity contribution in [2.45, 2.75) is 38.8 Å². The number of hydrogen-bond donors (Lipinski definition) is 2. The van der Waals surface area contributed by atoms with E-state index in [1.807, 2.05) is 0 Å². The highest BCUT2D eigenvalue weighted by Gasteiger charge is 2.39. The molecule has 17 heteroatoms. The summed E-state index contributed by atoms with van der Waals surface area (Å²) >= 11 is 5.92. The van der Waals surface area contributed by atoms with Crippen LogP contribution in [-0.4, -0.2) is 66.9 Å². The highest BCUT2D eigenvalue weighted by Crippen LogP contribution is 2.24. The van der Waals surface area contributed by atoms with Crippen molar-refractivity contribution in [1.29, 1.82) is 0 Å². The van der Waals surface area contributed by atoms with Gasteiger partial charge in [-0.25, -0.2) is 29.1 Å². The number of aliphatic hydroxyl groups is 1. The molecule has 1 amide bonds. The van der Waals surface area contributed by atoms with Gasteiger partial charge in [0.1, 0.15) is 30.9 Å². The molecule has 2 N–H and O–H groups in total. The lowest BCUT2D eigenvalue weighted by molar-refractivity contribution is -0.207. The Kier molecular flexibility index (Phi) is 7.91. The van der Waals surface area contributed by atoms with Gasteiger partial charge >= 0.3 is 11.9 Å². The second-order valence-electron chi connectivity index (χ2n) is 9.07. The smallest absolute Gasteiger partial charge is 0.382 e. The van der Waals surface area contributed by atoms with Gasteiger partial charge in [-0.1, -0.05) is 11.6 Å². The summed E-state index contributed by atoms with van der Waals surface area (Å²) in [6.07, 6.45) is -1.68. The lowest BCUT2D eigenvalue weighted by Gasteiger charge is -2.15. The van der Waals surface area contributed by atoms with Crippen LogP contribution in [0, 0.1) is 6.92 Å². The third-order valence-electron chi connectivity index (χ3n) is 6.12. The average Bonchev–Trinajstić information content (AvgIpc) is 3.65. The van der Waals surface area contributed by atoms with Gasteiger partial charge in [-0.2, -0.15) is 13.2 Å². The van der Waals surface area contributed by atoms with Crippen LogP contribution in [0.25, 0.3) is 17.1 Å². The Morgan fingerprint density at radius 3 is 2.55 bits per heavy atom. The molecule has 5 rings (SSSR count). The summed E-state index contributed by atoms with van der Waals surface area (Å²) in [4.78, 5) is 38.2. The van der Waals surface area contributed by atoms with Gasteiger partial charge in [-0.15, -0.1) is 10.2 Å². The monoisotopic (exact) mass is 602 g/mol. The summed E-state index contributed by atoms with van der Waals surface area (Å²) in [6.45, 7) is 0.402. The second kappa shape index (κ2) is 11.6. The van der Waals surface area contributed by atoms with Crippen molar-refractivity contribution in [1.82, 2.24) is 43.6 Å². The molecule has 0 aliphatic rings. The largest absolute Gasteiger partial charge is 0.416 e. The van der Waals surface area contributed by atoms with Gasteiger partial charge in [0, 0.05) is 29.2 Å². The molecule has 5 aromatic rings. The minimum absolute atomic E-state index is 0.00895. The minimum atomic E-state index is -4.95. The fourth-order valence-corrected chi connectivity index (χ4v) is 4.12. The summed E-state index contributed by atoms with van der Waals surface area (Å²) < 4.78 is 44.0. The highest BCUT2D eigenvalue weighted by molar-refractivity contribution is 6.30. The van der Waals surface area contributed by atoms with Gasteiger partial charge < -0.3 is 15.0 Å². The number of nitrogens with zero attached hydrogens (tertiary/aromatic N) is 9. The van der Waals surface area contributed by atoms with Crippen LogP contribution in [0.2, 0.25) is 5.02 Å². The number of anilines is 1. The number of aliphatic hydroxyl groups excluding tert-OH is 1. The lowest BCUT2D eigenvalue weighted by Crippen LogP contribution is -2.37. The molecule has 0 unspecified atom stereocenters. The first-order chi connectivity index (χ1) is 20.0. The number of carbonyl (C=O) groups excluding carboxylic acids is 1. The number of aryl methyl sites for hydroxylation is 1. The SMILES string of the molecule is Cc1nccn1CC(=O)Nc1ncccc1-n1cnc(Cn2nc(-c3ccc(Cl)cc3)n(C[C@H](O)C(F)(F)F)c2=O)n1. The summed E-state index contributed by atoms with van der Waals surface area (Å²) in [6, 6.07) is 9.24. The number of imidazole rings is 1. The predicted molar refractivity (Wildman–Crippen MR) is 143 cm³/mol. The third-order valence-corrected chi connectivity index (χ3v) is 6.37. The van der Waals surface area contributed by atoms with Crippen LogP contribution in [0.5, 0.6) is 0 Å². The van der Waals surface area contributed by atoms with E-state index in [9.17, 15) is 27.9 Å². The van der Waals surface area contributed by atoms with Gasteiger partial charge in [-0.05, 0) is 43.3 Å². The predicted octanol–water partition coefficient (Wildman–Crippen LogP) is 2.46. The Hall–Kier alpha value is -4.83. The van der Waals surface area contributed by atoms with Gasteiger partial charge in [0.15, 0.2) is 23.6 Å². The van der Waals surface area contributed by atoms with Crippen LogP contribution < -0.4 is 11.0 Å². The molecule has 4 heterocycles. The standard InChI is InChI=1S/C25H22ClF3N10O3/c1-15-30-9-10-36(15)13-21(41)33-22-18(3-2-8-31-22)39-14-32-20(34-39)12-38-24(42)37(11-19(40)25(27,28)29)23(35-38)16-4-6-17(26)7-5-16/h2-10,14,19,40H,11-13H2,1H3,(H,31,33,41)/t19-/m0/s1. The van der Waals surface area contributed by atoms with Crippen LogP contribution in [0.15, 0.2) is 66.1 Å². The van der Waals surface area contributed by atoms with Gasteiger partial charge in [-0.3, -0.25) is 9.36 Å². The van der Waals surface area contributed by atoms with E-state index in [2.05, 4.69) is 30.5 Å². The van der Waals surface area contributed by atoms with Crippen molar-refractivity contribution >= 4 is 23.3 Å². The molecular weight excluding hydrogens is 581 g/mol. The molecule has 0 aliphatic heterocycles. The van der Waals surface area contributed by atoms with Crippen molar-refractivity contribution in [3.63, 3.8) is 0 Å². The van der Waals surface area contributed by atoms with Crippen molar-refractivity contribution < 1.29 is 23.1 Å². The third kappa shape index (κ3) is 6.23. The first kappa shape index (κ1) is 28.7. The molecule has 0 fully saturated rings. The molecule has 4 aromatic heterocycles. The normalized spacial score (nSPS) is 12.4. The van der Waals surface area contributed by atoms with E-state index in [0.29, 0.717) is 22.1 Å². The second-order valence-corrected chi connectivity index (χ2v) is 9.50. The molecule has 42 heavy (non-hydrogen) atoms. The van der Waals surface area contributed by atoms with Crippen LogP contribution in [0.3, 0.4) is 0 Å². The number of benzene rings is 1. The molecule has 0 aliphatic carbocycles. The van der Waals surface area contributed by atoms with Crippen LogP contribution in [0.4, 0.5) is 19.0 Å². The van der Waals surface area contributed by atoms with Crippen molar-refractivity contribution in [3.8, 4) is 17.1 Å². The molecule has 0 radical (unpaired) electrons. The molecule has 0 bridgehead atoms. The van der Waals surface area contributed by atoms with E-state index in [1.54, 1.807) is 36.0 Å². The maximum absolute atomic E-state index is 13.1. The number of aromatic nitrogens is 9. The van der Waals surface area contributed by atoms with Gasteiger partial charge in [0.25, 0.3) is 0 Å². The number of halogens is 4. The Balaban J connectivity index is 1.41. The van der Waals surface area contributed by atoms with Crippen LogP contribution in [-0.2, 0) is 24.4 Å². The minimum Gasteiger partial charge on any atom is -0.382 e. The number of alkyl halides is 3. The zero-order chi connectivity index (χ0) is 30.0. The molecule has 0 saturated carbocycles. The maximum Gasteiger partial charge on any atom is 0.416 e. The first-order valence-electron chi connectivity index (χ1n) is 12.3. The Labute approximate surface area is 239 Å². The number of carbonyl (C=O) groups is 1. The summed E-state index contributed by atoms with van der Waals surface area (Å²) in [5.41, 5.74) is -0.228. The van der Waals surface area contributed by atoms with Crippen LogP contribution >= 0.6 is 11.6 Å². The molecule has 1 atom stereocenters. The fraction of sp³-hybridized carbons (Fsp3) is 0.240. The average molecular weight is 603 g/mol. The number of amides is 1. The van der Waals surface area contributed by atoms with Crippen LogP contribution in [0.1, 0.15) is 11.6 Å². The van der Waals surface area contributed by atoms with E-state index >= 15 is 0 Å². The quantitative estimate of drug-likeness (QED) is 0.261. The Morgan fingerprint density at radius 1 is 1.10 bits per heavy atom. The fourth-order valence-electron chi connectivity index (χ4n) is 3.99. The van der Waals surface area contributed by atoms with Crippen molar-refractivity contribution in [2.24, 2.45) is 0 Å². The van der Waals surface area contributed by atoms with Gasteiger partial charge in [0.05, 0.1) is 6.54 Å². The highest BCUT2D eigenvalue weighted by atomic mass is 35.5. The molecule has 0 spiro atoms.